The van der Waals surface area contributed by atoms with Crippen LogP contribution in [-0.2, 0) is 5.41 Å². The van der Waals surface area contributed by atoms with Crippen LogP contribution in [0.4, 0.5) is 0 Å². The van der Waals surface area contributed by atoms with Gasteiger partial charge in [-0.25, -0.2) is 4.98 Å². The molecule has 2 heterocycles. The van der Waals surface area contributed by atoms with E-state index in [1.165, 1.54) is 22.7 Å². The predicted molar refractivity (Wildman–Crippen MR) is 80.2 cm³/mol. The number of hydrogen-bond donors (Lipinski definition) is 1. The zero-order chi connectivity index (χ0) is 13.3. The molecule has 100 valence electrons. The number of hydrogen-bond acceptors (Lipinski definition) is 3. The Morgan fingerprint density at radius 2 is 2.11 bits per heavy atom. The monoisotopic (exact) mass is 273 g/mol. The van der Waals surface area contributed by atoms with E-state index in [1.807, 2.05) is 12.5 Å². The Balaban J connectivity index is 1.99. The molecule has 1 aromatic carbocycles. The molecule has 1 aromatic heterocycles. The summed E-state index contributed by atoms with van der Waals surface area (Å²) in [6, 6.07) is 8.67. The first-order chi connectivity index (χ1) is 9.23. The Hall–Kier alpha value is -1.26. The zero-order valence-electron chi connectivity index (χ0n) is 11.4. The first-order valence-corrected chi connectivity index (χ1v) is 7.83. The maximum absolute atomic E-state index is 4.36. The topological polar surface area (TPSA) is 29.9 Å². The van der Waals surface area contributed by atoms with E-state index in [9.17, 15) is 0 Å². The third-order valence-corrected chi connectivity index (χ3v) is 4.72. The highest BCUT2D eigenvalue weighted by Gasteiger charge is 2.33. The number of nitrogens with one attached hydrogen (secondary N) is 1. The summed E-state index contributed by atoms with van der Waals surface area (Å²) in [7, 11) is 0. The molecule has 1 saturated heterocycles. The fourth-order valence-electron chi connectivity index (χ4n) is 2.73. The maximum atomic E-state index is 4.36. The van der Waals surface area contributed by atoms with Crippen LogP contribution in [0.5, 0.6) is 0 Å². The van der Waals surface area contributed by atoms with E-state index in [-0.39, 0.29) is 5.41 Å². The van der Waals surface area contributed by atoms with Crippen LogP contribution in [0.25, 0.3) is 5.69 Å². The van der Waals surface area contributed by atoms with Crippen LogP contribution >= 0.6 is 11.8 Å². The smallest absolute Gasteiger partial charge is 0.0994 e. The van der Waals surface area contributed by atoms with Gasteiger partial charge in [0.25, 0.3) is 0 Å². The van der Waals surface area contributed by atoms with Gasteiger partial charge in [-0.2, -0.15) is 0 Å². The molecule has 1 N–H and O–H groups in total. The van der Waals surface area contributed by atoms with E-state index >= 15 is 0 Å². The number of thioether (sulfide) groups is 1. The van der Waals surface area contributed by atoms with Crippen molar-refractivity contribution in [3.05, 3.63) is 42.5 Å². The van der Waals surface area contributed by atoms with Crippen molar-refractivity contribution < 1.29 is 0 Å². The summed E-state index contributed by atoms with van der Waals surface area (Å²) < 4.78 is 2.22. The number of imidazole rings is 1. The van der Waals surface area contributed by atoms with E-state index in [0.717, 1.165) is 13.1 Å². The van der Waals surface area contributed by atoms with Crippen LogP contribution in [-0.4, -0.2) is 28.9 Å². The van der Waals surface area contributed by atoms with Gasteiger partial charge in [-0.3, -0.25) is 0 Å². The van der Waals surface area contributed by atoms with Crippen molar-refractivity contribution in [1.29, 1.82) is 0 Å². The summed E-state index contributed by atoms with van der Waals surface area (Å²) in [5.74, 6) is 0. The highest BCUT2D eigenvalue weighted by Crippen LogP contribution is 2.31. The first-order valence-electron chi connectivity index (χ1n) is 6.61. The fourth-order valence-corrected chi connectivity index (χ4v) is 3.13. The lowest BCUT2D eigenvalue weighted by Gasteiger charge is -2.24. The summed E-state index contributed by atoms with van der Waals surface area (Å²) in [4.78, 5) is 5.65. The van der Waals surface area contributed by atoms with Crippen LogP contribution in [0.1, 0.15) is 19.0 Å². The van der Waals surface area contributed by atoms with Crippen LogP contribution in [0, 0.1) is 0 Å². The maximum Gasteiger partial charge on any atom is 0.0994 e. The largest absolute Gasteiger partial charge is 0.316 e. The summed E-state index contributed by atoms with van der Waals surface area (Å²) >= 11 is 1.77. The van der Waals surface area contributed by atoms with Gasteiger partial charge in [0.2, 0.25) is 0 Å². The van der Waals surface area contributed by atoms with Crippen LogP contribution < -0.4 is 5.32 Å². The van der Waals surface area contributed by atoms with Gasteiger partial charge < -0.3 is 9.88 Å². The lowest BCUT2D eigenvalue weighted by atomic mass is 9.86. The van der Waals surface area contributed by atoms with Gasteiger partial charge in [0.05, 0.1) is 6.33 Å². The molecule has 1 aliphatic heterocycles. The van der Waals surface area contributed by atoms with Crippen LogP contribution in [0.15, 0.2) is 41.7 Å². The van der Waals surface area contributed by atoms with Gasteiger partial charge in [0.1, 0.15) is 0 Å². The average molecular weight is 273 g/mol. The quantitative estimate of drug-likeness (QED) is 0.872. The van der Waals surface area contributed by atoms with E-state index in [1.54, 1.807) is 11.8 Å². The van der Waals surface area contributed by atoms with E-state index < -0.39 is 0 Å². The average Bonchev–Trinajstić information content (AvgIpc) is 3.08. The molecule has 1 fully saturated rings. The normalized spacial score (nSPS) is 22.8. The Labute approximate surface area is 118 Å². The lowest BCUT2D eigenvalue weighted by molar-refractivity contribution is 0.499. The number of aromatic nitrogens is 2. The molecule has 2 aromatic rings. The molecule has 19 heavy (non-hydrogen) atoms. The molecule has 0 bridgehead atoms. The van der Waals surface area contributed by atoms with Gasteiger partial charge in [-0.1, -0.05) is 6.92 Å². The summed E-state index contributed by atoms with van der Waals surface area (Å²) in [5, 5.41) is 3.45. The van der Waals surface area contributed by atoms with Crippen molar-refractivity contribution in [2.75, 3.05) is 19.3 Å². The zero-order valence-corrected chi connectivity index (χ0v) is 12.2. The van der Waals surface area contributed by atoms with Gasteiger partial charge in [-0.15, -0.1) is 11.8 Å². The molecule has 1 aliphatic rings. The summed E-state index contributed by atoms with van der Waals surface area (Å²) in [6.45, 7) is 4.44. The van der Waals surface area contributed by atoms with Crippen molar-refractivity contribution in [2.24, 2.45) is 0 Å². The first kappa shape index (κ1) is 12.8. The lowest BCUT2D eigenvalue weighted by Crippen LogP contribution is -2.27. The predicted octanol–water partition coefficient (Wildman–Crippen LogP) is 2.85. The number of rotatable bonds is 3. The van der Waals surface area contributed by atoms with Crippen molar-refractivity contribution in [3.8, 4) is 5.69 Å². The second-order valence-electron chi connectivity index (χ2n) is 5.33. The number of nitrogens with zero attached hydrogens (tertiary/aromatic N) is 2. The van der Waals surface area contributed by atoms with Crippen molar-refractivity contribution >= 4 is 11.8 Å². The Morgan fingerprint density at radius 1 is 1.32 bits per heavy atom. The molecular formula is C15H19N3S. The fraction of sp³-hybridized carbons (Fsp3) is 0.400. The van der Waals surface area contributed by atoms with E-state index in [2.05, 4.69) is 52.3 Å². The molecule has 4 heteroatoms. The SMILES string of the molecule is CSc1ccc(-n2cncc2C2(C)CCNC2)cc1. The summed E-state index contributed by atoms with van der Waals surface area (Å²) in [5.41, 5.74) is 2.68. The molecule has 3 nitrogen and oxygen atoms in total. The molecule has 0 radical (unpaired) electrons. The third kappa shape index (κ3) is 2.30. The summed E-state index contributed by atoms with van der Waals surface area (Å²) in [6.07, 6.45) is 7.20. The van der Waals surface area contributed by atoms with Crippen molar-refractivity contribution in [1.82, 2.24) is 14.9 Å². The van der Waals surface area contributed by atoms with Gasteiger partial charge in [-0.05, 0) is 43.5 Å². The molecule has 0 saturated carbocycles. The minimum atomic E-state index is 0.189. The second-order valence-corrected chi connectivity index (χ2v) is 6.21. The minimum absolute atomic E-state index is 0.189. The highest BCUT2D eigenvalue weighted by molar-refractivity contribution is 7.98. The second kappa shape index (κ2) is 5.02. The van der Waals surface area contributed by atoms with Crippen LogP contribution in [0.2, 0.25) is 0 Å². The van der Waals surface area contributed by atoms with Crippen LogP contribution in [0.3, 0.4) is 0 Å². The molecule has 3 rings (SSSR count). The molecule has 0 amide bonds. The van der Waals surface area contributed by atoms with Gasteiger partial charge >= 0.3 is 0 Å². The third-order valence-electron chi connectivity index (χ3n) is 3.98. The molecule has 1 atom stereocenters. The standard InChI is InChI=1S/C15H19N3S/c1-15(7-8-16-10-15)14-9-17-11-18(14)12-3-5-13(19-2)6-4-12/h3-6,9,11,16H,7-8,10H2,1-2H3. The Morgan fingerprint density at radius 3 is 2.74 bits per heavy atom. The Bertz CT molecular complexity index is 553. The Kier molecular flexibility index (Phi) is 3.37. The van der Waals surface area contributed by atoms with E-state index in [4.69, 9.17) is 0 Å². The molecule has 0 aliphatic carbocycles. The van der Waals surface area contributed by atoms with Crippen molar-refractivity contribution in [3.63, 3.8) is 0 Å². The highest BCUT2D eigenvalue weighted by atomic mass is 32.2. The molecule has 1 unspecified atom stereocenters. The van der Waals surface area contributed by atoms with E-state index in [0.29, 0.717) is 0 Å². The molecular weight excluding hydrogens is 254 g/mol. The van der Waals surface area contributed by atoms with Gasteiger partial charge in [0, 0.05) is 34.4 Å². The van der Waals surface area contributed by atoms with Gasteiger partial charge in [0.15, 0.2) is 0 Å². The minimum Gasteiger partial charge on any atom is -0.316 e. The van der Waals surface area contributed by atoms with Crippen molar-refractivity contribution in [2.45, 2.75) is 23.7 Å². The number of benzene rings is 1. The molecule has 0 spiro atoms.